The molecule has 0 saturated carbocycles. The van der Waals surface area contributed by atoms with Gasteiger partial charge in [-0.25, -0.2) is 4.99 Å². The molecule has 0 bridgehead atoms. The van der Waals surface area contributed by atoms with Gasteiger partial charge in [0.25, 0.3) is 0 Å². The SMILES string of the molecule is CCNC(=NCc1ccc(OC)c(OCC)c1)NCC1CN(CC(C)C)CCO1. The summed E-state index contributed by atoms with van der Waals surface area (Å²) in [7, 11) is 1.65. The van der Waals surface area contributed by atoms with Gasteiger partial charge < -0.3 is 24.8 Å². The highest BCUT2D eigenvalue weighted by Crippen LogP contribution is 2.28. The zero-order valence-corrected chi connectivity index (χ0v) is 18.7. The number of hydrogen-bond acceptors (Lipinski definition) is 5. The Balaban J connectivity index is 1.93. The molecule has 0 spiro atoms. The van der Waals surface area contributed by atoms with Crippen LogP contribution in [0.2, 0.25) is 0 Å². The predicted molar refractivity (Wildman–Crippen MR) is 118 cm³/mol. The summed E-state index contributed by atoms with van der Waals surface area (Å²) >= 11 is 0. The van der Waals surface area contributed by atoms with E-state index in [-0.39, 0.29) is 6.10 Å². The number of nitrogens with one attached hydrogen (secondary N) is 2. The van der Waals surface area contributed by atoms with Gasteiger partial charge in [0, 0.05) is 32.7 Å². The molecule has 1 heterocycles. The highest BCUT2D eigenvalue weighted by atomic mass is 16.5. The fourth-order valence-electron chi connectivity index (χ4n) is 3.40. The number of guanidine groups is 1. The molecule has 7 heteroatoms. The van der Waals surface area contributed by atoms with Gasteiger partial charge in [-0.2, -0.15) is 0 Å². The highest BCUT2D eigenvalue weighted by molar-refractivity contribution is 5.79. The lowest BCUT2D eigenvalue weighted by Gasteiger charge is -2.34. The first-order chi connectivity index (χ1) is 14.0. The Morgan fingerprint density at radius 1 is 1.28 bits per heavy atom. The van der Waals surface area contributed by atoms with Crippen molar-refractivity contribution in [2.45, 2.75) is 40.3 Å². The molecule has 1 fully saturated rings. The fraction of sp³-hybridized carbons (Fsp3) is 0.682. The molecule has 7 nitrogen and oxygen atoms in total. The number of rotatable bonds is 10. The molecule has 1 atom stereocenters. The quantitative estimate of drug-likeness (QED) is 0.460. The van der Waals surface area contributed by atoms with Gasteiger partial charge in [0.1, 0.15) is 0 Å². The van der Waals surface area contributed by atoms with Gasteiger partial charge in [0.05, 0.1) is 33.0 Å². The van der Waals surface area contributed by atoms with Crippen molar-refractivity contribution in [3.63, 3.8) is 0 Å². The smallest absolute Gasteiger partial charge is 0.191 e. The summed E-state index contributed by atoms with van der Waals surface area (Å²) in [6.07, 6.45) is 0.178. The summed E-state index contributed by atoms with van der Waals surface area (Å²) in [6, 6.07) is 5.93. The molecule has 1 saturated heterocycles. The van der Waals surface area contributed by atoms with E-state index in [1.54, 1.807) is 7.11 Å². The third kappa shape index (κ3) is 8.11. The van der Waals surface area contributed by atoms with Crippen molar-refractivity contribution >= 4 is 5.96 Å². The van der Waals surface area contributed by atoms with Crippen LogP contribution in [0.25, 0.3) is 0 Å². The molecule has 2 N–H and O–H groups in total. The molecule has 1 unspecified atom stereocenters. The fourth-order valence-corrected chi connectivity index (χ4v) is 3.40. The van der Waals surface area contributed by atoms with E-state index in [0.29, 0.717) is 19.1 Å². The number of methoxy groups -OCH3 is 1. The van der Waals surface area contributed by atoms with Crippen molar-refractivity contribution in [2.75, 3.05) is 53.0 Å². The summed E-state index contributed by atoms with van der Waals surface area (Å²) in [5.41, 5.74) is 1.07. The lowest BCUT2D eigenvalue weighted by molar-refractivity contribution is -0.0284. The van der Waals surface area contributed by atoms with Crippen molar-refractivity contribution < 1.29 is 14.2 Å². The monoisotopic (exact) mass is 406 g/mol. The summed E-state index contributed by atoms with van der Waals surface area (Å²) in [5.74, 6) is 2.96. The second-order valence-electron chi connectivity index (χ2n) is 7.64. The van der Waals surface area contributed by atoms with Crippen LogP contribution in [0.3, 0.4) is 0 Å². The van der Waals surface area contributed by atoms with Crippen LogP contribution in [0, 0.1) is 5.92 Å². The van der Waals surface area contributed by atoms with Crippen molar-refractivity contribution in [1.29, 1.82) is 0 Å². The molecule has 0 aliphatic carbocycles. The minimum absolute atomic E-state index is 0.178. The summed E-state index contributed by atoms with van der Waals surface area (Å²) in [4.78, 5) is 7.20. The van der Waals surface area contributed by atoms with Gasteiger partial charge >= 0.3 is 0 Å². The minimum atomic E-state index is 0.178. The highest BCUT2D eigenvalue weighted by Gasteiger charge is 2.21. The second kappa shape index (κ2) is 12.5. The molecule has 1 aromatic rings. The second-order valence-corrected chi connectivity index (χ2v) is 7.64. The topological polar surface area (TPSA) is 67.4 Å². The predicted octanol–water partition coefficient (Wildman–Crippen LogP) is 2.51. The molecule has 1 aliphatic rings. The van der Waals surface area contributed by atoms with Crippen molar-refractivity contribution in [3.8, 4) is 11.5 Å². The number of benzene rings is 1. The van der Waals surface area contributed by atoms with Crippen LogP contribution in [0.15, 0.2) is 23.2 Å². The molecule has 29 heavy (non-hydrogen) atoms. The van der Waals surface area contributed by atoms with Crippen LogP contribution in [0.4, 0.5) is 0 Å². The number of hydrogen-bond donors (Lipinski definition) is 2. The first kappa shape index (κ1) is 23.3. The number of morpholine rings is 1. The van der Waals surface area contributed by atoms with E-state index in [1.807, 2.05) is 25.1 Å². The normalized spacial score (nSPS) is 18.0. The van der Waals surface area contributed by atoms with Crippen LogP contribution >= 0.6 is 0 Å². The molecule has 1 aromatic carbocycles. The molecular weight excluding hydrogens is 368 g/mol. The summed E-state index contributed by atoms with van der Waals surface area (Å²) < 4.78 is 16.9. The van der Waals surface area contributed by atoms with E-state index in [1.165, 1.54) is 0 Å². The van der Waals surface area contributed by atoms with Crippen LogP contribution < -0.4 is 20.1 Å². The molecule has 0 aromatic heterocycles. The van der Waals surface area contributed by atoms with Gasteiger partial charge in [-0.15, -0.1) is 0 Å². The van der Waals surface area contributed by atoms with Crippen molar-refractivity contribution in [3.05, 3.63) is 23.8 Å². The number of aliphatic imine (C=N–C) groups is 1. The van der Waals surface area contributed by atoms with Crippen LogP contribution in [-0.4, -0.2) is 70.0 Å². The lowest BCUT2D eigenvalue weighted by Crippen LogP contribution is -2.50. The van der Waals surface area contributed by atoms with E-state index >= 15 is 0 Å². The molecule has 164 valence electrons. The zero-order chi connectivity index (χ0) is 21.1. The van der Waals surface area contributed by atoms with Crippen LogP contribution in [-0.2, 0) is 11.3 Å². The average Bonchev–Trinajstić information content (AvgIpc) is 2.70. The van der Waals surface area contributed by atoms with Crippen LogP contribution in [0.5, 0.6) is 11.5 Å². The van der Waals surface area contributed by atoms with E-state index in [0.717, 1.165) is 62.4 Å². The Labute approximate surface area is 175 Å². The van der Waals surface area contributed by atoms with Gasteiger partial charge in [0.2, 0.25) is 0 Å². The van der Waals surface area contributed by atoms with Gasteiger partial charge in [-0.1, -0.05) is 19.9 Å². The maximum absolute atomic E-state index is 5.93. The van der Waals surface area contributed by atoms with E-state index in [4.69, 9.17) is 19.2 Å². The Kier molecular flexibility index (Phi) is 10.1. The minimum Gasteiger partial charge on any atom is -0.493 e. The van der Waals surface area contributed by atoms with Crippen molar-refractivity contribution in [2.24, 2.45) is 10.9 Å². The summed E-state index contributed by atoms with van der Waals surface area (Å²) in [5, 5.41) is 6.74. The summed E-state index contributed by atoms with van der Waals surface area (Å²) in [6.45, 7) is 15.1. The Bertz CT molecular complexity index is 636. The van der Waals surface area contributed by atoms with Crippen LogP contribution in [0.1, 0.15) is 33.3 Å². The van der Waals surface area contributed by atoms with E-state index in [9.17, 15) is 0 Å². The largest absolute Gasteiger partial charge is 0.493 e. The molecular formula is C22H38N4O3. The van der Waals surface area contributed by atoms with Crippen molar-refractivity contribution in [1.82, 2.24) is 15.5 Å². The molecule has 1 aliphatic heterocycles. The number of nitrogens with zero attached hydrogens (tertiary/aromatic N) is 2. The first-order valence-corrected chi connectivity index (χ1v) is 10.7. The van der Waals surface area contributed by atoms with E-state index in [2.05, 4.69) is 36.3 Å². The molecule has 0 amide bonds. The molecule has 2 rings (SSSR count). The van der Waals surface area contributed by atoms with Gasteiger partial charge in [-0.3, -0.25) is 4.90 Å². The van der Waals surface area contributed by atoms with Gasteiger partial charge in [-0.05, 0) is 37.5 Å². The maximum atomic E-state index is 5.93. The Morgan fingerprint density at radius 3 is 2.79 bits per heavy atom. The maximum Gasteiger partial charge on any atom is 0.191 e. The third-order valence-electron chi connectivity index (χ3n) is 4.64. The Hall–Kier alpha value is -1.99. The van der Waals surface area contributed by atoms with E-state index < -0.39 is 0 Å². The lowest BCUT2D eigenvalue weighted by atomic mass is 10.2. The Morgan fingerprint density at radius 2 is 2.10 bits per heavy atom. The zero-order valence-electron chi connectivity index (χ0n) is 18.7. The standard InChI is InChI=1S/C22H38N4O3/c1-6-23-22(25-14-19-16-26(10-11-29-19)15-17(3)4)24-13-18-8-9-20(27-5)21(12-18)28-7-2/h8-9,12,17,19H,6-7,10-11,13-16H2,1-5H3,(H2,23,24,25). The van der Waals surface area contributed by atoms with Gasteiger partial charge in [0.15, 0.2) is 17.5 Å². The average molecular weight is 407 g/mol. The number of ether oxygens (including phenoxy) is 3. The third-order valence-corrected chi connectivity index (χ3v) is 4.64. The first-order valence-electron chi connectivity index (χ1n) is 10.7. The molecule has 0 radical (unpaired) electrons.